The molecule has 8 heteroatoms. The monoisotopic (exact) mass is 578 g/mol. The number of aliphatic hydroxyl groups is 1. The van der Waals surface area contributed by atoms with Crippen LogP contribution in [0.4, 0.5) is 0 Å². The molecule has 3 heterocycles. The SMILES string of the molecule is CN(C)C(=O)c1cn(CC2(O)CCN(C(=O)c3cc[nH]c3-c3ccccc3)CC23CCCC3)c(=O)cc1-c1ccccc1. The zero-order chi connectivity index (χ0) is 30.2. The highest BCUT2D eigenvalue weighted by Crippen LogP contribution is 2.52. The zero-order valence-corrected chi connectivity index (χ0v) is 24.8. The molecule has 6 rings (SSSR count). The Bertz CT molecular complexity index is 1690. The van der Waals surface area contributed by atoms with Gasteiger partial charge in [-0.2, -0.15) is 0 Å². The van der Waals surface area contributed by atoms with E-state index < -0.39 is 11.0 Å². The molecule has 1 aliphatic carbocycles. The molecule has 4 aromatic rings. The van der Waals surface area contributed by atoms with Gasteiger partial charge in [0.1, 0.15) is 0 Å². The van der Waals surface area contributed by atoms with E-state index in [1.165, 1.54) is 15.5 Å². The van der Waals surface area contributed by atoms with Gasteiger partial charge in [-0.3, -0.25) is 14.4 Å². The first-order valence-electron chi connectivity index (χ1n) is 15.0. The number of hydrogen-bond donors (Lipinski definition) is 2. The Morgan fingerprint density at radius 2 is 1.56 bits per heavy atom. The van der Waals surface area contributed by atoms with Crippen LogP contribution < -0.4 is 5.56 Å². The van der Waals surface area contributed by atoms with E-state index in [0.717, 1.165) is 42.5 Å². The maximum absolute atomic E-state index is 13.9. The molecule has 1 saturated heterocycles. The molecular formula is C35H38N4O4. The van der Waals surface area contributed by atoms with Gasteiger partial charge in [0.15, 0.2) is 0 Å². The lowest BCUT2D eigenvalue weighted by Crippen LogP contribution is -2.62. The fourth-order valence-corrected chi connectivity index (χ4v) is 7.08. The standard InChI is InChI=1S/C35H38N4O4/c1-37(2)32(41)29-22-39(30(40)21-28(29)25-11-5-3-6-12-25)24-35(43)18-20-38(23-34(35)16-9-10-17-34)33(42)27-15-19-36-31(27)26-13-7-4-8-14-26/h3-8,11-15,19,21-22,36,43H,9-10,16-18,20,23-24H2,1-2H3. The number of hydrogen-bond acceptors (Lipinski definition) is 4. The topological polar surface area (TPSA) is 98.6 Å². The number of likely N-dealkylation sites (tertiary alicyclic amines) is 1. The Labute approximate surface area is 251 Å². The summed E-state index contributed by atoms with van der Waals surface area (Å²) >= 11 is 0. The molecule has 1 unspecified atom stereocenters. The van der Waals surface area contributed by atoms with Crippen molar-refractivity contribution in [3.63, 3.8) is 0 Å². The van der Waals surface area contributed by atoms with Gasteiger partial charge >= 0.3 is 0 Å². The number of piperidine rings is 1. The normalized spacial score (nSPS) is 19.5. The van der Waals surface area contributed by atoms with Gasteiger partial charge in [0.05, 0.1) is 29.0 Å². The molecule has 2 amide bonds. The molecular weight excluding hydrogens is 540 g/mol. The highest BCUT2D eigenvalue weighted by molar-refractivity contribution is 6.01. The molecule has 2 aliphatic rings. The number of pyridine rings is 1. The minimum Gasteiger partial charge on any atom is -0.387 e. The molecule has 2 aromatic carbocycles. The Kier molecular flexibility index (Phi) is 7.56. The van der Waals surface area contributed by atoms with Crippen LogP contribution in [0.2, 0.25) is 0 Å². The number of carbonyl (C=O) groups is 2. The van der Waals surface area contributed by atoms with Crippen molar-refractivity contribution in [1.82, 2.24) is 19.4 Å². The number of aromatic amines is 1. The summed E-state index contributed by atoms with van der Waals surface area (Å²) in [7, 11) is 3.38. The van der Waals surface area contributed by atoms with E-state index in [1.807, 2.05) is 71.6 Å². The molecule has 2 fully saturated rings. The molecule has 0 radical (unpaired) electrons. The number of rotatable bonds is 6. The Balaban J connectivity index is 1.32. The molecule has 2 aromatic heterocycles. The van der Waals surface area contributed by atoms with Crippen LogP contribution in [0, 0.1) is 5.41 Å². The van der Waals surface area contributed by atoms with Gasteiger partial charge in [-0.25, -0.2) is 0 Å². The highest BCUT2D eigenvalue weighted by Gasteiger charge is 2.55. The van der Waals surface area contributed by atoms with Crippen molar-refractivity contribution >= 4 is 11.8 Å². The second-order valence-electron chi connectivity index (χ2n) is 12.3. The van der Waals surface area contributed by atoms with Gasteiger partial charge in [0.2, 0.25) is 0 Å². The minimum absolute atomic E-state index is 0.0586. The van der Waals surface area contributed by atoms with Crippen LogP contribution in [-0.2, 0) is 6.54 Å². The van der Waals surface area contributed by atoms with Gasteiger partial charge < -0.3 is 24.5 Å². The largest absolute Gasteiger partial charge is 0.387 e. The number of carbonyl (C=O) groups excluding carboxylic acids is 2. The predicted octanol–water partition coefficient (Wildman–Crippen LogP) is 5.05. The van der Waals surface area contributed by atoms with Crippen LogP contribution in [0.25, 0.3) is 22.4 Å². The van der Waals surface area contributed by atoms with E-state index in [-0.39, 0.29) is 23.9 Å². The predicted molar refractivity (Wildman–Crippen MR) is 167 cm³/mol. The van der Waals surface area contributed by atoms with E-state index in [4.69, 9.17) is 0 Å². The Morgan fingerprint density at radius 1 is 0.907 bits per heavy atom. The van der Waals surface area contributed by atoms with Crippen molar-refractivity contribution in [3.8, 4) is 22.4 Å². The first-order valence-corrected chi connectivity index (χ1v) is 15.0. The first-order chi connectivity index (χ1) is 20.7. The summed E-state index contributed by atoms with van der Waals surface area (Å²) in [5, 5.41) is 12.4. The molecule has 1 saturated carbocycles. The Hall–Kier alpha value is -4.43. The van der Waals surface area contributed by atoms with Crippen molar-refractivity contribution in [1.29, 1.82) is 0 Å². The fraction of sp³-hybridized carbons (Fsp3) is 0.343. The third-order valence-electron chi connectivity index (χ3n) is 9.44. The molecule has 1 spiro atoms. The van der Waals surface area contributed by atoms with Crippen molar-refractivity contribution in [2.75, 3.05) is 27.2 Å². The van der Waals surface area contributed by atoms with Gasteiger partial charge in [0, 0.05) is 56.6 Å². The van der Waals surface area contributed by atoms with Gasteiger partial charge in [-0.15, -0.1) is 0 Å². The molecule has 1 atom stereocenters. The molecule has 43 heavy (non-hydrogen) atoms. The van der Waals surface area contributed by atoms with Crippen molar-refractivity contribution in [2.45, 2.75) is 44.2 Å². The van der Waals surface area contributed by atoms with Crippen molar-refractivity contribution in [3.05, 3.63) is 107 Å². The first kappa shape index (κ1) is 28.7. The number of H-pyrrole nitrogens is 1. The summed E-state index contributed by atoms with van der Waals surface area (Å²) in [6.45, 7) is 0.856. The van der Waals surface area contributed by atoms with Gasteiger partial charge in [-0.05, 0) is 36.5 Å². The van der Waals surface area contributed by atoms with E-state index >= 15 is 0 Å². The molecule has 8 nitrogen and oxygen atoms in total. The number of nitrogens with one attached hydrogen (secondary N) is 1. The average molecular weight is 579 g/mol. The lowest BCUT2D eigenvalue weighted by molar-refractivity contribution is -0.135. The van der Waals surface area contributed by atoms with Gasteiger partial charge in [0.25, 0.3) is 17.4 Å². The molecule has 1 aliphatic heterocycles. The van der Waals surface area contributed by atoms with Crippen LogP contribution in [0.15, 0.2) is 90.0 Å². The molecule has 0 bridgehead atoms. The average Bonchev–Trinajstić information content (AvgIpc) is 3.71. The smallest absolute Gasteiger partial charge is 0.256 e. The molecule has 2 N–H and O–H groups in total. The minimum atomic E-state index is -1.21. The summed E-state index contributed by atoms with van der Waals surface area (Å²) in [6.07, 6.45) is 7.19. The zero-order valence-electron chi connectivity index (χ0n) is 24.8. The highest BCUT2D eigenvalue weighted by atomic mass is 16.3. The summed E-state index contributed by atoms with van der Waals surface area (Å²) in [5.74, 6) is -0.270. The number of benzene rings is 2. The second kappa shape index (κ2) is 11.3. The van der Waals surface area contributed by atoms with E-state index in [2.05, 4.69) is 4.98 Å². The van der Waals surface area contributed by atoms with E-state index in [9.17, 15) is 19.5 Å². The van der Waals surface area contributed by atoms with Crippen LogP contribution in [-0.4, -0.2) is 69.1 Å². The third-order valence-corrected chi connectivity index (χ3v) is 9.44. The second-order valence-corrected chi connectivity index (χ2v) is 12.3. The number of nitrogens with zero attached hydrogens (tertiary/aromatic N) is 3. The maximum atomic E-state index is 13.9. The number of amides is 2. The van der Waals surface area contributed by atoms with E-state index in [0.29, 0.717) is 36.2 Å². The fourth-order valence-electron chi connectivity index (χ4n) is 7.08. The third kappa shape index (κ3) is 5.20. The van der Waals surface area contributed by atoms with Crippen LogP contribution >= 0.6 is 0 Å². The Morgan fingerprint density at radius 3 is 2.21 bits per heavy atom. The summed E-state index contributed by atoms with van der Waals surface area (Å²) in [4.78, 5) is 47.3. The van der Waals surface area contributed by atoms with E-state index in [1.54, 1.807) is 26.5 Å². The van der Waals surface area contributed by atoms with Crippen LogP contribution in [0.5, 0.6) is 0 Å². The quantitative estimate of drug-likeness (QED) is 0.335. The number of aromatic nitrogens is 2. The summed E-state index contributed by atoms with van der Waals surface area (Å²) in [5.41, 5.74) is 2.09. The van der Waals surface area contributed by atoms with Crippen LogP contribution in [0.1, 0.15) is 52.8 Å². The molecule has 222 valence electrons. The summed E-state index contributed by atoms with van der Waals surface area (Å²) in [6, 6.07) is 22.5. The lowest BCUT2D eigenvalue weighted by atomic mass is 9.65. The lowest BCUT2D eigenvalue weighted by Gasteiger charge is -2.52. The van der Waals surface area contributed by atoms with Crippen LogP contribution in [0.3, 0.4) is 0 Å². The van der Waals surface area contributed by atoms with Crippen molar-refractivity contribution in [2.24, 2.45) is 5.41 Å². The van der Waals surface area contributed by atoms with Crippen molar-refractivity contribution < 1.29 is 14.7 Å². The summed E-state index contributed by atoms with van der Waals surface area (Å²) < 4.78 is 1.50. The van der Waals surface area contributed by atoms with Gasteiger partial charge in [-0.1, -0.05) is 73.5 Å². The maximum Gasteiger partial charge on any atom is 0.256 e.